The number of hydrogen-bond donors (Lipinski definition) is 1. The van der Waals surface area contributed by atoms with Crippen LogP contribution < -0.4 is 5.73 Å². The Labute approximate surface area is 137 Å². The topological polar surface area (TPSA) is 46.3 Å². The van der Waals surface area contributed by atoms with E-state index in [0.717, 1.165) is 50.8 Å². The molecule has 1 saturated carbocycles. The zero-order chi connectivity index (χ0) is 15.8. The van der Waals surface area contributed by atoms with Gasteiger partial charge in [0.15, 0.2) is 0 Å². The number of carbonyl (C=O) groups excluding carboxylic acids is 1. The molecule has 0 bridgehead atoms. The summed E-state index contributed by atoms with van der Waals surface area (Å²) < 4.78 is 0. The van der Waals surface area contributed by atoms with Crippen molar-refractivity contribution in [3.05, 3.63) is 34.9 Å². The van der Waals surface area contributed by atoms with Crippen molar-refractivity contribution >= 4 is 17.5 Å². The fourth-order valence-electron chi connectivity index (χ4n) is 4.06. The van der Waals surface area contributed by atoms with E-state index in [-0.39, 0.29) is 16.7 Å². The van der Waals surface area contributed by atoms with Crippen molar-refractivity contribution in [2.24, 2.45) is 11.1 Å². The molecular weight excluding hydrogens is 296 g/mol. The normalized spacial score (nSPS) is 27.3. The van der Waals surface area contributed by atoms with Gasteiger partial charge in [-0.05, 0) is 48.9 Å². The maximum atomic E-state index is 13.3. The number of nitrogens with zero attached hydrogens (tertiary/aromatic N) is 1. The van der Waals surface area contributed by atoms with E-state index in [1.165, 1.54) is 0 Å². The molecule has 1 aliphatic heterocycles. The first-order valence-corrected chi connectivity index (χ1v) is 8.62. The summed E-state index contributed by atoms with van der Waals surface area (Å²) in [6.07, 6.45) is 5.09. The molecule has 4 heteroatoms. The Balaban J connectivity index is 1.90. The number of likely N-dealkylation sites (tertiary alicyclic amines) is 1. The Morgan fingerprint density at radius 2 is 2.05 bits per heavy atom. The smallest absolute Gasteiger partial charge is 0.233 e. The summed E-state index contributed by atoms with van der Waals surface area (Å²) in [5, 5.41) is 0.713. The van der Waals surface area contributed by atoms with Gasteiger partial charge in [-0.25, -0.2) is 0 Å². The third-order valence-electron chi connectivity index (χ3n) is 5.58. The molecule has 1 aromatic rings. The number of nitrogens with two attached hydrogens (primary N) is 1. The second-order valence-electron chi connectivity index (χ2n) is 7.29. The van der Waals surface area contributed by atoms with Crippen LogP contribution in [0.25, 0.3) is 0 Å². The second kappa shape index (κ2) is 5.86. The zero-order valence-corrected chi connectivity index (χ0v) is 14.0. The average Bonchev–Trinajstić information content (AvgIpc) is 3.15. The van der Waals surface area contributed by atoms with Crippen LogP contribution in [0, 0.1) is 5.41 Å². The summed E-state index contributed by atoms with van der Waals surface area (Å²) in [5.41, 5.74) is 6.68. The molecule has 2 fully saturated rings. The maximum absolute atomic E-state index is 13.3. The van der Waals surface area contributed by atoms with E-state index in [2.05, 4.69) is 13.0 Å². The number of halogens is 1. The lowest BCUT2D eigenvalue weighted by Crippen LogP contribution is -2.45. The molecule has 3 rings (SSSR count). The van der Waals surface area contributed by atoms with Crippen LogP contribution in [0.2, 0.25) is 5.02 Å². The van der Waals surface area contributed by atoms with Crippen LogP contribution in [-0.2, 0) is 10.2 Å². The molecule has 1 saturated heterocycles. The Hall–Kier alpha value is -1.06. The predicted molar refractivity (Wildman–Crippen MR) is 90.0 cm³/mol. The Morgan fingerprint density at radius 3 is 2.64 bits per heavy atom. The second-order valence-corrected chi connectivity index (χ2v) is 7.73. The van der Waals surface area contributed by atoms with E-state index in [1.807, 2.05) is 23.1 Å². The standard InChI is InChI=1S/C18H25ClN2O/c1-17(12-20)9-10-21(13-17)16(22)18(7-2-3-8-18)14-5-4-6-15(19)11-14/h4-6,11H,2-3,7-10,12-13,20H2,1H3. The summed E-state index contributed by atoms with van der Waals surface area (Å²) in [6, 6.07) is 7.87. The summed E-state index contributed by atoms with van der Waals surface area (Å²) in [7, 11) is 0. The molecule has 0 radical (unpaired) electrons. The highest BCUT2D eigenvalue weighted by atomic mass is 35.5. The van der Waals surface area contributed by atoms with Gasteiger partial charge in [-0.3, -0.25) is 4.79 Å². The number of amides is 1. The third-order valence-corrected chi connectivity index (χ3v) is 5.82. The summed E-state index contributed by atoms with van der Waals surface area (Å²) >= 11 is 6.18. The molecule has 3 nitrogen and oxygen atoms in total. The molecule has 1 amide bonds. The number of hydrogen-bond acceptors (Lipinski definition) is 2. The van der Waals surface area contributed by atoms with E-state index < -0.39 is 0 Å². The Bertz CT molecular complexity index is 568. The first kappa shape index (κ1) is 15.8. The van der Waals surface area contributed by atoms with Crippen LogP contribution in [-0.4, -0.2) is 30.4 Å². The minimum Gasteiger partial charge on any atom is -0.341 e. The van der Waals surface area contributed by atoms with E-state index in [0.29, 0.717) is 11.6 Å². The Morgan fingerprint density at radius 1 is 1.32 bits per heavy atom. The van der Waals surface area contributed by atoms with Crippen molar-refractivity contribution in [3.63, 3.8) is 0 Å². The minimum absolute atomic E-state index is 0.0732. The van der Waals surface area contributed by atoms with Crippen LogP contribution >= 0.6 is 11.6 Å². The van der Waals surface area contributed by atoms with Crippen LogP contribution in [0.1, 0.15) is 44.6 Å². The van der Waals surface area contributed by atoms with Gasteiger partial charge in [0.05, 0.1) is 5.41 Å². The highest BCUT2D eigenvalue weighted by Gasteiger charge is 2.47. The largest absolute Gasteiger partial charge is 0.341 e. The molecule has 1 aromatic carbocycles. The fourth-order valence-corrected chi connectivity index (χ4v) is 4.25. The minimum atomic E-state index is -0.370. The van der Waals surface area contributed by atoms with Crippen molar-refractivity contribution in [1.82, 2.24) is 4.90 Å². The molecule has 1 atom stereocenters. The van der Waals surface area contributed by atoms with Crippen molar-refractivity contribution in [2.45, 2.75) is 44.4 Å². The van der Waals surface area contributed by atoms with Gasteiger partial charge in [0.1, 0.15) is 0 Å². The number of rotatable bonds is 3. The number of benzene rings is 1. The van der Waals surface area contributed by atoms with Crippen molar-refractivity contribution in [1.29, 1.82) is 0 Å². The van der Waals surface area contributed by atoms with E-state index in [9.17, 15) is 4.79 Å². The highest BCUT2D eigenvalue weighted by Crippen LogP contribution is 2.44. The van der Waals surface area contributed by atoms with Gasteiger partial charge in [-0.1, -0.05) is 43.5 Å². The van der Waals surface area contributed by atoms with Gasteiger partial charge in [0.2, 0.25) is 5.91 Å². The van der Waals surface area contributed by atoms with Gasteiger partial charge in [0.25, 0.3) is 0 Å². The molecule has 1 unspecified atom stereocenters. The average molecular weight is 321 g/mol. The summed E-state index contributed by atoms with van der Waals surface area (Å²) in [6.45, 7) is 4.43. The van der Waals surface area contributed by atoms with Gasteiger partial charge in [0, 0.05) is 18.1 Å². The first-order chi connectivity index (χ1) is 10.5. The molecule has 1 heterocycles. The fraction of sp³-hybridized carbons (Fsp3) is 0.611. The maximum Gasteiger partial charge on any atom is 0.233 e. The lowest BCUT2D eigenvalue weighted by atomic mass is 9.77. The molecule has 0 spiro atoms. The van der Waals surface area contributed by atoms with Gasteiger partial charge in [-0.15, -0.1) is 0 Å². The molecule has 120 valence electrons. The van der Waals surface area contributed by atoms with Crippen molar-refractivity contribution in [2.75, 3.05) is 19.6 Å². The zero-order valence-electron chi connectivity index (χ0n) is 13.3. The highest BCUT2D eigenvalue weighted by molar-refractivity contribution is 6.30. The van der Waals surface area contributed by atoms with E-state index in [1.54, 1.807) is 0 Å². The molecule has 22 heavy (non-hydrogen) atoms. The monoisotopic (exact) mass is 320 g/mol. The number of carbonyl (C=O) groups is 1. The molecule has 0 aromatic heterocycles. The van der Waals surface area contributed by atoms with E-state index in [4.69, 9.17) is 17.3 Å². The summed E-state index contributed by atoms with van der Waals surface area (Å²) in [4.78, 5) is 15.4. The van der Waals surface area contributed by atoms with Gasteiger partial charge >= 0.3 is 0 Å². The van der Waals surface area contributed by atoms with Crippen molar-refractivity contribution in [3.8, 4) is 0 Å². The summed E-state index contributed by atoms with van der Waals surface area (Å²) in [5.74, 6) is 0.282. The SMILES string of the molecule is CC1(CN)CCN(C(=O)C2(c3cccc(Cl)c3)CCCC2)C1. The first-order valence-electron chi connectivity index (χ1n) is 8.25. The molecule has 2 aliphatic rings. The van der Waals surface area contributed by atoms with Crippen LogP contribution in [0.3, 0.4) is 0 Å². The molecule has 1 aliphatic carbocycles. The molecule has 2 N–H and O–H groups in total. The van der Waals surface area contributed by atoms with Crippen LogP contribution in [0.5, 0.6) is 0 Å². The Kier molecular flexibility index (Phi) is 4.21. The quantitative estimate of drug-likeness (QED) is 0.928. The predicted octanol–water partition coefficient (Wildman–Crippen LogP) is 3.35. The van der Waals surface area contributed by atoms with Gasteiger partial charge < -0.3 is 10.6 Å². The van der Waals surface area contributed by atoms with Crippen LogP contribution in [0.4, 0.5) is 0 Å². The lowest BCUT2D eigenvalue weighted by Gasteiger charge is -2.34. The van der Waals surface area contributed by atoms with Gasteiger partial charge in [-0.2, -0.15) is 0 Å². The third kappa shape index (κ3) is 2.65. The van der Waals surface area contributed by atoms with E-state index >= 15 is 0 Å². The van der Waals surface area contributed by atoms with Crippen molar-refractivity contribution < 1.29 is 4.79 Å². The lowest BCUT2D eigenvalue weighted by molar-refractivity contribution is -0.136. The molecular formula is C18H25ClN2O. The van der Waals surface area contributed by atoms with Crippen LogP contribution in [0.15, 0.2) is 24.3 Å².